The molecular formula is C12H9Cl2N3. The van der Waals surface area contributed by atoms with Crippen LogP contribution in [0.25, 0.3) is 10.9 Å². The fourth-order valence-electron chi connectivity index (χ4n) is 1.77. The first-order valence-electron chi connectivity index (χ1n) is 4.89. The predicted octanol–water partition coefficient (Wildman–Crippen LogP) is 3.48. The van der Waals surface area contributed by atoms with E-state index in [4.69, 9.17) is 28.5 Å². The molecule has 0 aliphatic rings. The minimum absolute atomic E-state index is 0.492. The first-order valence-corrected chi connectivity index (χ1v) is 5.65. The van der Waals surface area contributed by atoms with Gasteiger partial charge in [0.2, 0.25) is 0 Å². The molecule has 2 rings (SSSR count). The van der Waals surface area contributed by atoms with Crippen molar-refractivity contribution in [3.8, 4) is 6.07 Å². The third-order valence-electron chi connectivity index (χ3n) is 2.43. The molecule has 0 spiro atoms. The van der Waals surface area contributed by atoms with Crippen molar-refractivity contribution in [3.63, 3.8) is 0 Å². The zero-order valence-corrected chi connectivity index (χ0v) is 10.8. The Hall–Kier alpha value is -1.50. The summed E-state index contributed by atoms with van der Waals surface area (Å²) in [5.74, 6) is 0. The van der Waals surface area contributed by atoms with Crippen LogP contribution in [0.2, 0.25) is 10.0 Å². The van der Waals surface area contributed by atoms with E-state index in [0.717, 1.165) is 11.1 Å². The number of nitriles is 1. The van der Waals surface area contributed by atoms with Gasteiger partial charge in [-0.3, -0.25) is 4.98 Å². The molecule has 0 atom stereocenters. The molecule has 0 saturated carbocycles. The van der Waals surface area contributed by atoms with E-state index in [2.05, 4.69) is 11.1 Å². The normalized spacial score (nSPS) is 10.3. The molecule has 86 valence electrons. The van der Waals surface area contributed by atoms with Crippen LogP contribution in [0.1, 0.15) is 5.56 Å². The van der Waals surface area contributed by atoms with Gasteiger partial charge in [-0.15, -0.1) is 0 Å². The van der Waals surface area contributed by atoms with Crippen molar-refractivity contribution in [1.29, 1.82) is 5.26 Å². The van der Waals surface area contributed by atoms with E-state index in [1.54, 1.807) is 12.1 Å². The van der Waals surface area contributed by atoms with Gasteiger partial charge in [0.1, 0.15) is 6.07 Å². The first-order chi connectivity index (χ1) is 8.04. The van der Waals surface area contributed by atoms with E-state index >= 15 is 0 Å². The van der Waals surface area contributed by atoms with E-state index in [9.17, 15) is 0 Å². The lowest BCUT2D eigenvalue weighted by atomic mass is 10.1. The highest BCUT2D eigenvalue weighted by Gasteiger charge is 2.14. The van der Waals surface area contributed by atoms with Crippen molar-refractivity contribution in [3.05, 3.63) is 33.9 Å². The number of fused-ring (bicyclic) bond motifs is 1. The van der Waals surface area contributed by atoms with Crippen molar-refractivity contribution in [2.75, 3.05) is 19.0 Å². The fraction of sp³-hybridized carbons (Fsp3) is 0.167. The quantitative estimate of drug-likeness (QED) is 0.793. The highest BCUT2D eigenvalue weighted by molar-refractivity contribution is 6.39. The average molecular weight is 266 g/mol. The Morgan fingerprint density at radius 2 is 2.00 bits per heavy atom. The number of halogens is 2. The van der Waals surface area contributed by atoms with E-state index < -0.39 is 0 Å². The Balaban J connectivity index is 2.95. The lowest BCUT2D eigenvalue weighted by Crippen LogP contribution is -2.11. The lowest BCUT2D eigenvalue weighted by molar-refractivity contribution is 1.13. The smallest absolute Gasteiger partial charge is 0.103 e. The van der Waals surface area contributed by atoms with Gasteiger partial charge in [0.15, 0.2) is 0 Å². The molecule has 0 unspecified atom stereocenters. The van der Waals surface area contributed by atoms with Crippen molar-refractivity contribution >= 4 is 39.8 Å². The SMILES string of the molecule is CN(C)c1c(C#N)cnc2cc(Cl)cc(Cl)c12. The van der Waals surface area contributed by atoms with Gasteiger partial charge in [-0.1, -0.05) is 23.2 Å². The standard InChI is InChI=1S/C12H9Cl2N3/c1-17(2)12-7(5-15)6-16-10-4-8(13)3-9(14)11(10)12/h3-4,6H,1-2H3. The van der Waals surface area contributed by atoms with Gasteiger partial charge in [-0.05, 0) is 12.1 Å². The van der Waals surface area contributed by atoms with Crippen LogP contribution < -0.4 is 4.90 Å². The number of nitrogens with zero attached hydrogens (tertiary/aromatic N) is 3. The van der Waals surface area contributed by atoms with E-state index in [0.29, 0.717) is 21.1 Å². The Morgan fingerprint density at radius 1 is 1.29 bits per heavy atom. The molecule has 0 saturated heterocycles. The van der Waals surface area contributed by atoms with Crippen LogP contribution >= 0.6 is 23.2 Å². The summed E-state index contributed by atoms with van der Waals surface area (Å²) in [6.45, 7) is 0. The molecule has 0 N–H and O–H groups in total. The third kappa shape index (κ3) is 2.02. The summed E-state index contributed by atoms with van der Waals surface area (Å²) in [4.78, 5) is 6.05. The number of hydrogen-bond donors (Lipinski definition) is 0. The predicted molar refractivity (Wildman–Crippen MR) is 70.8 cm³/mol. The number of benzene rings is 1. The van der Waals surface area contributed by atoms with Gasteiger partial charge >= 0.3 is 0 Å². The molecule has 0 aliphatic carbocycles. The molecule has 2 aromatic rings. The molecular weight excluding hydrogens is 257 g/mol. The molecule has 0 bridgehead atoms. The molecule has 0 amide bonds. The van der Waals surface area contributed by atoms with E-state index in [1.165, 1.54) is 6.20 Å². The van der Waals surface area contributed by atoms with Crippen LogP contribution in [0.4, 0.5) is 5.69 Å². The zero-order chi connectivity index (χ0) is 12.6. The van der Waals surface area contributed by atoms with Gasteiger partial charge < -0.3 is 4.90 Å². The summed E-state index contributed by atoms with van der Waals surface area (Å²) < 4.78 is 0. The largest absolute Gasteiger partial charge is 0.376 e. The van der Waals surface area contributed by atoms with Gasteiger partial charge in [0, 0.05) is 30.7 Å². The van der Waals surface area contributed by atoms with Gasteiger partial charge in [0.05, 0.1) is 21.8 Å². The highest BCUT2D eigenvalue weighted by Crippen LogP contribution is 2.35. The zero-order valence-electron chi connectivity index (χ0n) is 9.33. The summed E-state index contributed by atoms with van der Waals surface area (Å²) >= 11 is 12.1. The molecule has 0 radical (unpaired) electrons. The Kier molecular flexibility index (Phi) is 3.10. The minimum Gasteiger partial charge on any atom is -0.376 e. The second kappa shape index (κ2) is 4.40. The maximum Gasteiger partial charge on any atom is 0.103 e. The maximum absolute atomic E-state index is 9.09. The van der Waals surface area contributed by atoms with Crippen LogP contribution in [-0.4, -0.2) is 19.1 Å². The van der Waals surface area contributed by atoms with E-state index in [-0.39, 0.29) is 0 Å². The Bertz CT molecular complexity index is 630. The molecule has 17 heavy (non-hydrogen) atoms. The Labute approximate surface area is 109 Å². The summed E-state index contributed by atoms with van der Waals surface area (Å²) in [7, 11) is 3.72. The van der Waals surface area contributed by atoms with Gasteiger partial charge in [0.25, 0.3) is 0 Å². The monoisotopic (exact) mass is 265 g/mol. The molecule has 1 aromatic carbocycles. The summed E-state index contributed by atoms with van der Waals surface area (Å²) in [5, 5.41) is 10.9. The van der Waals surface area contributed by atoms with Crippen molar-refractivity contribution in [1.82, 2.24) is 4.98 Å². The number of hydrogen-bond acceptors (Lipinski definition) is 3. The second-order valence-electron chi connectivity index (χ2n) is 3.81. The number of aromatic nitrogens is 1. The van der Waals surface area contributed by atoms with Crippen LogP contribution in [0.5, 0.6) is 0 Å². The summed E-state index contributed by atoms with van der Waals surface area (Å²) in [6.07, 6.45) is 1.53. The average Bonchev–Trinajstić information content (AvgIpc) is 2.27. The molecule has 5 heteroatoms. The van der Waals surface area contributed by atoms with E-state index in [1.807, 2.05) is 19.0 Å². The Morgan fingerprint density at radius 3 is 2.59 bits per heavy atom. The molecule has 3 nitrogen and oxygen atoms in total. The molecule has 1 heterocycles. The second-order valence-corrected chi connectivity index (χ2v) is 4.65. The molecule has 1 aromatic heterocycles. The van der Waals surface area contributed by atoms with Crippen LogP contribution in [0, 0.1) is 11.3 Å². The van der Waals surface area contributed by atoms with Crippen molar-refractivity contribution in [2.24, 2.45) is 0 Å². The number of pyridine rings is 1. The van der Waals surface area contributed by atoms with Gasteiger partial charge in [-0.2, -0.15) is 5.26 Å². The van der Waals surface area contributed by atoms with Crippen LogP contribution in [0.15, 0.2) is 18.3 Å². The number of rotatable bonds is 1. The topological polar surface area (TPSA) is 39.9 Å². The van der Waals surface area contributed by atoms with Crippen LogP contribution in [0.3, 0.4) is 0 Å². The highest BCUT2D eigenvalue weighted by atomic mass is 35.5. The van der Waals surface area contributed by atoms with Crippen molar-refractivity contribution < 1.29 is 0 Å². The van der Waals surface area contributed by atoms with Crippen molar-refractivity contribution in [2.45, 2.75) is 0 Å². The van der Waals surface area contributed by atoms with Crippen LogP contribution in [-0.2, 0) is 0 Å². The summed E-state index contributed by atoms with van der Waals surface area (Å²) in [6, 6.07) is 5.50. The number of anilines is 1. The first kappa shape index (κ1) is 12.0. The lowest BCUT2D eigenvalue weighted by Gasteiger charge is -2.17. The van der Waals surface area contributed by atoms with Gasteiger partial charge in [-0.25, -0.2) is 0 Å². The third-order valence-corrected chi connectivity index (χ3v) is 2.94. The molecule has 0 aliphatic heterocycles. The fourth-order valence-corrected chi connectivity index (χ4v) is 2.34. The maximum atomic E-state index is 9.09. The molecule has 0 fully saturated rings. The summed E-state index contributed by atoms with van der Waals surface area (Å²) in [5.41, 5.74) is 1.94. The minimum atomic E-state index is 0.492.